The van der Waals surface area contributed by atoms with Gasteiger partial charge in [-0.05, 0) is 42.7 Å². The van der Waals surface area contributed by atoms with Gasteiger partial charge in [-0.2, -0.15) is 0 Å². The molecule has 3 nitrogen and oxygen atoms in total. The van der Waals surface area contributed by atoms with Crippen LogP contribution in [0.5, 0.6) is 0 Å². The van der Waals surface area contributed by atoms with E-state index in [1.54, 1.807) is 12.1 Å². The molecule has 0 aliphatic rings. The molecule has 0 saturated carbocycles. The number of hydrogen-bond donors (Lipinski definition) is 2. The minimum absolute atomic E-state index is 0.132. The molecule has 0 fully saturated rings. The smallest absolute Gasteiger partial charge is 0.255 e. The minimum atomic E-state index is -0.132. The molecule has 0 unspecified atom stereocenters. The van der Waals surface area contributed by atoms with Crippen molar-refractivity contribution in [1.82, 2.24) is 0 Å². The first-order valence-corrected chi connectivity index (χ1v) is 6.37. The Morgan fingerprint density at radius 1 is 1.21 bits per heavy atom. The average Bonchev–Trinajstić information content (AvgIpc) is 2.42. The van der Waals surface area contributed by atoms with Crippen LogP contribution < -0.4 is 11.1 Å². The van der Waals surface area contributed by atoms with Crippen molar-refractivity contribution in [2.45, 2.75) is 20.3 Å². The summed E-state index contributed by atoms with van der Waals surface area (Å²) >= 11 is 0. The van der Waals surface area contributed by atoms with Crippen molar-refractivity contribution in [1.29, 1.82) is 0 Å². The summed E-state index contributed by atoms with van der Waals surface area (Å²) in [5, 5.41) is 2.93. The maximum absolute atomic E-state index is 12.2. The molecule has 0 saturated heterocycles. The van der Waals surface area contributed by atoms with Gasteiger partial charge in [0, 0.05) is 16.9 Å². The molecule has 2 aromatic carbocycles. The molecule has 0 bridgehead atoms. The monoisotopic (exact) mass is 254 g/mol. The number of amides is 1. The highest BCUT2D eigenvalue weighted by atomic mass is 16.1. The number of carbonyl (C=O) groups excluding carboxylic acids is 1. The first-order chi connectivity index (χ1) is 9.11. The lowest BCUT2D eigenvalue weighted by Gasteiger charge is -2.10. The largest absolute Gasteiger partial charge is 0.398 e. The van der Waals surface area contributed by atoms with E-state index < -0.39 is 0 Å². The van der Waals surface area contributed by atoms with Gasteiger partial charge in [-0.25, -0.2) is 0 Å². The molecule has 0 heterocycles. The number of nitrogen functional groups attached to an aromatic ring is 1. The topological polar surface area (TPSA) is 55.1 Å². The Hall–Kier alpha value is -2.29. The lowest BCUT2D eigenvalue weighted by molar-refractivity contribution is 0.102. The van der Waals surface area contributed by atoms with Crippen LogP contribution in [0.4, 0.5) is 11.4 Å². The van der Waals surface area contributed by atoms with Crippen LogP contribution in [0.2, 0.25) is 0 Å². The zero-order valence-corrected chi connectivity index (χ0v) is 11.2. The van der Waals surface area contributed by atoms with Crippen molar-refractivity contribution in [3.8, 4) is 0 Å². The molecule has 0 radical (unpaired) electrons. The van der Waals surface area contributed by atoms with Crippen LogP contribution in [0, 0.1) is 6.92 Å². The number of rotatable bonds is 3. The van der Waals surface area contributed by atoms with Gasteiger partial charge in [0.15, 0.2) is 0 Å². The third-order valence-corrected chi connectivity index (χ3v) is 3.19. The Bertz CT molecular complexity index is 605. The van der Waals surface area contributed by atoms with Gasteiger partial charge in [-0.3, -0.25) is 4.79 Å². The van der Waals surface area contributed by atoms with Crippen LogP contribution in [-0.2, 0) is 6.42 Å². The van der Waals surface area contributed by atoms with Crippen LogP contribution in [0.3, 0.4) is 0 Å². The van der Waals surface area contributed by atoms with Gasteiger partial charge >= 0.3 is 0 Å². The van der Waals surface area contributed by atoms with Crippen molar-refractivity contribution in [3.05, 3.63) is 59.2 Å². The first kappa shape index (κ1) is 13.1. The number of benzene rings is 2. The molecule has 2 rings (SSSR count). The fourth-order valence-electron chi connectivity index (χ4n) is 1.93. The second-order valence-electron chi connectivity index (χ2n) is 4.54. The summed E-state index contributed by atoms with van der Waals surface area (Å²) in [6.07, 6.45) is 0.881. The SMILES string of the molecule is CCc1ccccc1NC(=O)c1ccc(C)c(N)c1. The molecular weight excluding hydrogens is 236 g/mol. The number of nitrogens with one attached hydrogen (secondary N) is 1. The van der Waals surface area contributed by atoms with Crippen LogP contribution in [0.25, 0.3) is 0 Å². The van der Waals surface area contributed by atoms with Crippen LogP contribution in [0.15, 0.2) is 42.5 Å². The fraction of sp³-hybridized carbons (Fsp3) is 0.188. The third kappa shape index (κ3) is 2.94. The summed E-state index contributed by atoms with van der Waals surface area (Å²) in [6, 6.07) is 13.2. The van der Waals surface area contributed by atoms with E-state index in [1.165, 1.54) is 0 Å². The Morgan fingerprint density at radius 2 is 1.95 bits per heavy atom. The minimum Gasteiger partial charge on any atom is -0.398 e. The molecule has 3 N–H and O–H groups in total. The second kappa shape index (κ2) is 5.57. The zero-order chi connectivity index (χ0) is 13.8. The van der Waals surface area contributed by atoms with Crippen molar-refractivity contribution < 1.29 is 4.79 Å². The highest BCUT2D eigenvalue weighted by Crippen LogP contribution is 2.18. The van der Waals surface area contributed by atoms with E-state index in [2.05, 4.69) is 12.2 Å². The zero-order valence-electron chi connectivity index (χ0n) is 11.2. The van der Waals surface area contributed by atoms with E-state index in [9.17, 15) is 4.79 Å². The highest BCUT2D eigenvalue weighted by Gasteiger charge is 2.09. The molecule has 0 aliphatic carbocycles. The van der Waals surface area contributed by atoms with Gasteiger partial charge in [-0.1, -0.05) is 31.2 Å². The van der Waals surface area contributed by atoms with Crippen molar-refractivity contribution >= 4 is 17.3 Å². The Morgan fingerprint density at radius 3 is 2.63 bits per heavy atom. The summed E-state index contributed by atoms with van der Waals surface area (Å²) in [4.78, 5) is 12.2. The number of hydrogen-bond acceptors (Lipinski definition) is 2. The maximum Gasteiger partial charge on any atom is 0.255 e. The standard InChI is InChI=1S/C16H18N2O/c1-3-12-6-4-5-7-15(12)18-16(19)13-9-8-11(2)14(17)10-13/h4-10H,3,17H2,1-2H3,(H,18,19). The summed E-state index contributed by atoms with van der Waals surface area (Å²) in [5.74, 6) is -0.132. The third-order valence-electron chi connectivity index (χ3n) is 3.19. The Balaban J connectivity index is 2.23. The molecule has 2 aromatic rings. The molecule has 0 aliphatic heterocycles. The molecular formula is C16H18N2O. The number of anilines is 2. The van der Waals surface area contributed by atoms with E-state index >= 15 is 0 Å². The van der Waals surface area contributed by atoms with Gasteiger partial charge < -0.3 is 11.1 Å². The van der Waals surface area contributed by atoms with E-state index in [1.807, 2.05) is 37.3 Å². The quantitative estimate of drug-likeness (QED) is 0.825. The first-order valence-electron chi connectivity index (χ1n) is 6.37. The Kier molecular flexibility index (Phi) is 3.85. The summed E-state index contributed by atoms with van der Waals surface area (Å²) < 4.78 is 0. The van der Waals surface area contributed by atoms with Crippen molar-refractivity contribution in [3.63, 3.8) is 0 Å². The number of nitrogens with two attached hydrogens (primary N) is 1. The summed E-state index contributed by atoms with van der Waals surface area (Å²) in [6.45, 7) is 3.98. The van der Waals surface area contributed by atoms with E-state index in [0.717, 1.165) is 23.2 Å². The predicted octanol–water partition coefficient (Wildman–Crippen LogP) is 3.39. The molecule has 1 amide bonds. The van der Waals surface area contributed by atoms with E-state index in [0.29, 0.717) is 11.3 Å². The van der Waals surface area contributed by atoms with Crippen LogP contribution in [0.1, 0.15) is 28.4 Å². The van der Waals surface area contributed by atoms with Crippen molar-refractivity contribution in [2.24, 2.45) is 0 Å². The lowest BCUT2D eigenvalue weighted by Crippen LogP contribution is -2.13. The van der Waals surface area contributed by atoms with Crippen LogP contribution >= 0.6 is 0 Å². The molecule has 3 heteroatoms. The number of para-hydroxylation sites is 1. The highest BCUT2D eigenvalue weighted by molar-refractivity contribution is 6.05. The number of carbonyl (C=O) groups is 1. The van der Waals surface area contributed by atoms with Gasteiger partial charge in [0.2, 0.25) is 0 Å². The van der Waals surface area contributed by atoms with E-state index in [-0.39, 0.29) is 5.91 Å². The van der Waals surface area contributed by atoms with Crippen molar-refractivity contribution in [2.75, 3.05) is 11.1 Å². The normalized spacial score (nSPS) is 10.2. The summed E-state index contributed by atoms with van der Waals surface area (Å²) in [5.41, 5.74) is 10.00. The number of aryl methyl sites for hydroxylation is 2. The van der Waals surface area contributed by atoms with Crippen LogP contribution in [-0.4, -0.2) is 5.91 Å². The van der Waals surface area contributed by atoms with Gasteiger partial charge in [-0.15, -0.1) is 0 Å². The molecule has 0 spiro atoms. The molecule has 19 heavy (non-hydrogen) atoms. The average molecular weight is 254 g/mol. The second-order valence-corrected chi connectivity index (χ2v) is 4.54. The molecule has 0 atom stereocenters. The molecule has 0 aromatic heterocycles. The van der Waals surface area contributed by atoms with Gasteiger partial charge in [0.05, 0.1) is 0 Å². The lowest BCUT2D eigenvalue weighted by atomic mass is 10.1. The maximum atomic E-state index is 12.2. The Labute approximate surface area is 113 Å². The summed E-state index contributed by atoms with van der Waals surface area (Å²) in [7, 11) is 0. The predicted molar refractivity (Wildman–Crippen MR) is 79.4 cm³/mol. The molecule has 98 valence electrons. The van der Waals surface area contributed by atoms with Gasteiger partial charge in [0.1, 0.15) is 0 Å². The fourth-order valence-corrected chi connectivity index (χ4v) is 1.93. The van der Waals surface area contributed by atoms with E-state index in [4.69, 9.17) is 5.73 Å². The van der Waals surface area contributed by atoms with Gasteiger partial charge in [0.25, 0.3) is 5.91 Å².